The maximum Gasteiger partial charge on any atom is 1.00 e. The van der Waals surface area contributed by atoms with Crippen molar-refractivity contribution in [2.24, 2.45) is 0 Å². The van der Waals surface area contributed by atoms with Gasteiger partial charge in [-0.1, -0.05) is 0 Å². The smallest absolute Gasteiger partial charge is 1.00 e. The zero-order valence-electron chi connectivity index (χ0n) is 3.57. The van der Waals surface area contributed by atoms with Gasteiger partial charge in [-0.15, -0.1) is 34.0 Å². The van der Waals surface area contributed by atoms with E-state index in [1.165, 1.54) is 0 Å². The Hall–Kier alpha value is 3.11. The number of rotatable bonds is 0. The fourth-order valence-corrected chi connectivity index (χ4v) is 0. The van der Waals surface area contributed by atoms with E-state index in [0.29, 0.717) is 0 Å². The van der Waals surface area contributed by atoms with Crippen LogP contribution in [0.2, 0.25) is 0 Å². The molecule has 0 atom stereocenters. The number of hydrogen-bond donors (Lipinski definition) is 0. The Morgan fingerprint density at radius 3 is 0.500 bits per heavy atom. The van der Waals surface area contributed by atoms with Gasteiger partial charge in [-0.2, -0.15) is 0 Å². The molecule has 0 aliphatic heterocycles. The van der Waals surface area contributed by atoms with E-state index in [-0.39, 0.29) is 106 Å². The van der Waals surface area contributed by atoms with Crippen molar-refractivity contribution in [3.8, 4) is 0 Å². The summed E-state index contributed by atoms with van der Waals surface area (Å²) in [5.74, 6) is 0. The van der Waals surface area contributed by atoms with Gasteiger partial charge >= 0.3 is 37.7 Å². The summed E-state index contributed by atoms with van der Waals surface area (Å²) in [6, 6.07) is 0. The molecule has 0 aromatic rings. The molecule has 6 heavy (non-hydrogen) atoms. The molecule has 0 saturated carbocycles. The molecule has 0 amide bonds. The Labute approximate surface area is 104 Å². The van der Waals surface area contributed by atoms with E-state index in [4.69, 9.17) is 0 Å². The minimum Gasteiger partial charge on any atom is -1.00 e. The summed E-state index contributed by atoms with van der Waals surface area (Å²) in [6.07, 6.45) is 0. The first-order valence-corrected chi connectivity index (χ1v) is 0. The van der Waals surface area contributed by atoms with Crippen LogP contribution in [0.25, 0.3) is 0 Å². The predicted molar refractivity (Wildman–Crippen MR) is 20.6 cm³/mol. The van der Waals surface area contributed by atoms with Crippen molar-refractivity contribution in [1.29, 1.82) is 0 Å². The van der Waals surface area contributed by atoms with E-state index in [1.807, 2.05) is 0 Å². The Morgan fingerprint density at radius 2 is 0.500 bits per heavy atom. The largest absolute Gasteiger partial charge is 1.00 e. The maximum atomic E-state index is 0. The van der Waals surface area contributed by atoms with Crippen LogP contribution in [0, 0.1) is 0 Å². The van der Waals surface area contributed by atoms with Crippen molar-refractivity contribution in [2.75, 3.05) is 0 Å². The molecule has 0 aromatic heterocycles. The van der Waals surface area contributed by atoms with E-state index in [1.54, 1.807) is 0 Å². The minimum atomic E-state index is 0. The third-order valence-corrected chi connectivity index (χ3v) is 0. The van der Waals surface area contributed by atoms with Gasteiger partial charge in [0, 0.05) is 0 Å². The van der Waals surface area contributed by atoms with Gasteiger partial charge in [-0.05, 0) is 0 Å². The second kappa shape index (κ2) is 42.3. The first-order chi connectivity index (χ1) is 0. The molecule has 0 aliphatic rings. The molecule has 0 fully saturated rings. The Bertz CT molecular complexity index is 5.51. The molecule has 0 aromatic carbocycles. The van der Waals surface area contributed by atoms with Crippen LogP contribution >= 0.6 is 34.0 Å². The summed E-state index contributed by atoms with van der Waals surface area (Å²) >= 11 is 0. The van der Waals surface area contributed by atoms with E-state index in [0.717, 1.165) is 0 Å². The fraction of sp³-hybridized carbons (Fsp3) is 0. The van der Waals surface area contributed by atoms with Crippen LogP contribution in [0.5, 0.6) is 0 Å². The third-order valence-electron chi connectivity index (χ3n) is 0. The van der Waals surface area contributed by atoms with Crippen molar-refractivity contribution in [1.82, 2.24) is 0 Å². The van der Waals surface area contributed by atoms with Crippen LogP contribution in [0.1, 0.15) is 0 Å². The molecule has 0 aliphatic carbocycles. The first-order valence-electron chi connectivity index (χ1n) is 0. The molecule has 0 heterocycles. The van der Waals surface area contributed by atoms with Gasteiger partial charge in [0.25, 0.3) is 0 Å². The molecule has 0 saturated heterocycles. The standard InChI is InChI=1S/4BrH.2Li/h4*1H;;/q;;;;2*+1/p-2. The minimum absolute atomic E-state index is 0. The summed E-state index contributed by atoms with van der Waals surface area (Å²) in [4.78, 5) is 0. The normalized spacial score (nSPS) is 0. The predicted octanol–water partition coefficient (Wildman–Crippen LogP) is -10.8. The van der Waals surface area contributed by atoms with Crippen molar-refractivity contribution in [3.05, 3.63) is 0 Å². The maximum absolute atomic E-state index is 0. The molecular formula is H2Br4Li2. The molecule has 0 radical (unpaired) electrons. The van der Waals surface area contributed by atoms with Gasteiger partial charge in [-0.25, -0.2) is 0 Å². The summed E-state index contributed by atoms with van der Waals surface area (Å²) in [5.41, 5.74) is 0. The number of halogens is 4. The van der Waals surface area contributed by atoms with Crippen molar-refractivity contribution in [3.63, 3.8) is 0 Å². The molecule has 0 N–H and O–H groups in total. The van der Waals surface area contributed by atoms with E-state index < -0.39 is 0 Å². The number of hydrogen-bond acceptors (Lipinski definition) is 0. The van der Waals surface area contributed by atoms with Crippen LogP contribution in [-0.4, -0.2) is 0 Å². The Balaban J connectivity index is 0. The quantitative estimate of drug-likeness (QED) is 0.386. The molecule has 0 unspecified atom stereocenters. The van der Waals surface area contributed by atoms with Crippen LogP contribution in [0.15, 0.2) is 0 Å². The molecule has 0 spiro atoms. The van der Waals surface area contributed by atoms with Crippen molar-refractivity contribution < 1.29 is 71.7 Å². The van der Waals surface area contributed by atoms with Gasteiger partial charge < -0.3 is 34.0 Å². The molecular weight excluding hydrogens is 333 g/mol. The molecule has 6 heteroatoms. The summed E-state index contributed by atoms with van der Waals surface area (Å²) in [7, 11) is 0. The molecule has 0 bridgehead atoms. The zero-order valence-corrected chi connectivity index (χ0v) is 10.2. The molecule has 0 nitrogen and oxygen atoms in total. The van der Waals surface area contributed by atoms with Crippen LogP contribution in [-0.2, 0) is 0 Å². The average molecular weight is 336 g/mol. The van der Waals surface area contributed by atoms with Crippen LogP contribution < -0.4 is 71.7 Å². The van der Waals surface area contributed by atoms with Crippen LogP contribution in [0.3, 0.4) is 0 Å². The van der Waals surface area contributed by atoms with E-state index in [9.17, 15) is 0 Å². The fourth-order valence-electron chi connectivity index (χ4n) is 0. The molecule has 0 rings (SSSR count). The van der Waals surface area contributed by atoms with Gasteiger partial charge in [0.1, 0.15) is 0 Å². The summed E-state index contributed by atoms with van der Waals surface area (Å²) in [5, 5.41) is 0. The summed E-state index contributed by atoms with van der Waals surface area (Å²) in [6.45, 7) is 0. The van der Waals surface area contributed by atoms with Gasteiger partial charge in [-0.3, -0.25) is 0 Å². The zero-order chi connectivity index (χ0) is 0. The first kappa shape index (κ1) is 61.9. The van der Waals surface area contributed by atoms with Crippen LogP contribution in [0.4, 0.5) is 0 Å². The van der Waals surface area contributed by atoms with E-state index in [2.05, 4.69) is 0 Å². The average Bonchev–Trinajstić information content (AvgIpc) is 0. The Morgan fingerprint density at radius 1 is 0.500 bits per heavy atom. The summed E-state index contributed by atoms with van der Waals surface area (Å²) < 4.78 is 0. The topological polar surface area (TPSA) is 0 Å². The second-order valence-corrected chi connectivity index (χ2v) is 0. The van der Waals surface area contributed by atoms with Crippen molar-refractivity contribution >= 4 is 34.0 Å². The van der Waals surface area contributed by atoms with Gasteiger partial charge in [0.05, 0.1) is 0 Å². The second-order valence-electron chi connectivity index (χ2n) is 0. The third kappa shape index (κ3) is 27.4. The monoisotopic (exact) mass is 332 g/mol. The Kier molecular flexibility index (Phi) is 437. The van der Waals surface area contributed by atoms with Gasteiger partial charge in [0.15, 0.2) is 0 Å². The van der Waals surface area contributed by atoms with Gasteiger partial charge in [0.2, 0.25) is 0 Å². The SMILES string of the molecule is Br.Br.[Br-].[Br-].[Li+].[Li+]. The molecule has 32 valence electrons. The van der Waals surface area contributed by atoms with Crippen molar-refractivity contribution in [2.45, 2.75) is 0 Å². The van der Waals surface area contributed by atoms with E-state index >= 15 is 0 Å².